The lowest BCUT2D eigenvalue weighted by Gasteiger charge is -2.29. The average molecular weight is 491 g/mol. The van der Waals surface area contributed by atoms with E-state index in [1.54, 1.807) is 56.4 Å². The molecular formula is C25H29F3N4O3. The molecule has 0 aromatic heterocycles. The van der Waals surface area contributed by atoms with Crippen molar-refractivity contribution in [2.45, 2.75) is 38.5 Å². The smallest absolute Gasteiger partial charge is 0.364 e. The second kappa shape index (κ2) is 12.3. The number of carbonyl (C=O) groups excluding carboxylic acids is 2. The first kappa shape index (κ1) is 27.8. The van der Waals surface area contributed by atoms with Gasteiger partial charge in [-0.2, -0.15) is 18.4 Å². The van der Waals surface area contributed by atoms with Crippen LogP contribution in [0.4, 0.5) is 13.2 Å². The molecule has 2 rings (SSSR count). The van der Waals surface area contributed by atoms with Gasteiger partial charge >= 0.3 is 6.18 Å². The van der Waals surface area contributed by atoms with Gasteiger partial charge in [0.2, 0.25) is 0 Å². The van der Waals surface area contributed by atoms with Crippen molar-refractivity contribution in [1.82, 2.24) is 15.5 Å². The second-order valence-electron chi connectivity index (χ2n) is 8.46. The minimum atomic E-state index is -4.67. The van der Waals surface area contributed by atoms with Crippen LogP contribution in [0.15, 0.2) is 48.5 Å². The van der Waals surface area contributed by atoms with Crippen molar-refractivity contribution < 1.29 is 27.5 Å². The lowest BCUT2D eigenvalue weighted by atomic mass is 9.97. The molecule has 0 spiro atoms. The van der Waals surface area contributed by atoms with Crippen LogP contribution in [-0.2, 0) is 9.53 Å². The Morgan fingerprint density at radius 2 is 1.60 bits per heavy atom. The summed E-state index contributed by atoms with van der Waals surface area (Å²) in [5.41, 5.74) is 1.75. The summed E-state index contributed by atoms with van der Waals surface area (Å²) in [7, 11) is 2.68. The molecule has 2 N–H and O–H groups in total. The predicted octanol–water partition coefficient (Wildman–Crippen LogP) is 4.23. The summed E-state index contributed by atoms with van der Waals surface area (Å²) in [6, 6.07) is 9.16. The monoisotopic (exact) mass is 490 g/mol. The first-order valence-electron chi connectivity index (χ1n) is 11.0. The second-order valence-corrected chi connectivity index (χ2v) is 8.46. The summed E-state index contributed by atoms with van der Waals surface area (Å²) in [6.45, 7) is 3.66. The van der Waals surface area contributed by atoms with E-state index in [9.17, 15) is 22.8 Å². The largest absolute Gasteiger partial charge is 0.407 e. The Bertz CT molecular complexity index is 1030. The van der Waals surface area contributed by atoms with Crippen molar-refractivity contribution >= 4 is 11.8 Å². The highest BCUT2D eigenvalue weighted by atomic mass is 19.4. The molecular weight excluding hydrogens is 461 g/mol. The van der Waals surface area contributed by atoms with Crippen LogP contribution in [0, 0.1) is 17.4 Å². The van der Waals surface area contributed by atoms with Gasteiger partial charge in [0.15, 0.2) is 6.19 Å². The molecule has 2 aromatic rings. The van der Waals surface area contributed by atoms with Gasteiger partial charge in [-0.05, 0) is 41.2 Å². The summed E-state index contributed by atoms with van der Waals surface area (Å²) in [5.74, 6) is -1.10. The quantitative estimate of drug-likeness (QED) is 0.295. The lowest BCUT2D eigenvalue weighted by Crippen LogP contribution is -2.49. The third kappa shape index (κ3) is 7.80. The highest BCUT2D eigenvalue weighted by molar-refractivity contribution is 5.94. The van der Waals surface area contributed by atoms with Crippen LogP contribution in [-0.4, -0.2) is 49.8 Å². The van der Waals surface area contributed by atoms with E-state index in [1.807, 2.05) is 0 Å². The number of carbonyl (C=O) groups is 2. The fourth-order valence-electron chi connectivity index (χ4n) is 3.50. The molecule has 2 aromatic carbocycles. The number of nitriles is 1. The zero-order valence-electron chi connectivity index (χ0n) is 20.0. The standard InChI is InChI=1S/C25H29F3N4O3/c1-16(2)13-21(24(34)32(3)14-29)31-22(25(26,27)28)19-9-5-17(6-10-19)18-7-11-20(12-8-18)23(33)30-15-35-4/h5-12,16,21-22,31H,13,15H2,1-4H3,(H,30,33). The summed E-state index contributed by atoms with van der Waals surface area (Å²) in [5, 5.41) is 14.0. The third-order valence-electron chi connectivity index (χ3n) is 5.28. The number of nitrogens with one attached hydrogen (secondary N) is 2. The molecule has 2 amide bonds. The zero-order valence-corrected chi connectivity index (χ0v) is 20.0. The molecule has 0 saturated heterocycles. The maximum absolute atomic E-state index is 14.0. The number of rotatable bonds is 10. The number of alkyl halides is 3. The summed E-state index contributed by atoms with van der Waals surface area (Å²) >= 11 is 0. The number of hydrogen-bond acceptors (Lipinski definition) is 5. The molecule has 0 fully saturated rings. The highest BCUT2D eigenvalue weighted by Crippen LogP contribution is 2.34. The molecule has 0 heterocycles. The van der Waals surface area contributed by atoms with Gasteiger partial charge in [-0.25, -0.2) is 0 Å². The van der Waals surface area contributed by atoms with Gasteiger partial charge in [-0.1, -0.05) is 50.2 Å². The maximum atomic E-state index is 14.0. The number of amides is 2. The maximum Gasteiger partial charge on any atom is 0.407 e. The van der Waals surface area contributed by atoms with Crippen molar-refractivity contribution in [3.63, 3.8) is 0 Å². The zero-order chi connectivity index (χ0) is 26.2. The Hall–Kier alpha value is -3.42. The SMILES string of the molecule is COCNC(=O)c1ccc(-c2ccc(C(NC(CC(C)C)C(=O)N(C)C#N)C(F)(F)F)cc2)cc1. The van der Waals surface area contributed by atoms with E-state index >= 15 is 0 Å². The van der Waals surface area contributed by atoms with Gasteiger partial charge in [0.05, 0.1) is 6.04 Å². The number of hydrogen-bond donors (Lipinski definition) is 2. The highest BCUT2D eigenvalue weighted by Gasteiger charge is 2.43. The summed E-state index contributed by atoms with van der Waals surface area (Å²) in [6.07, 6.45) is -2.88. The van der Waals surface area contributed by atoms with Crippen molar-refractivity contribution in [3.8, 4) is 17.3 Å². The van der Waals surface area contributed by atoms with E-state index in [1.165, 1.54) is 26.3 Å². The Morgan fingerprint density at radius 1 is 1.06 bits per heavy atom. The lowest BCUT2D eigenvalue weighted by molar-refractivity contribution is -0.162. The number of halogens is 3. The van der Waals surface area contributed by atoms with Crippen LogP contribution in [0.3, 0.4) is 0 Å². The van der Waals surface area contributed by atoms with Crippen molar-refractivity contribution in [2.24, 2.45) is 5.92 Å². The van der Waals surface area contributed by atoms with E-state index in [2.05, 4.69) is 10.6 Å². The molecule has 2 unspecified atom stereocenters. The predicted molar refractivity (Wildman–Crippen MR) is 125 cm³/mol. The molecule has 0 aliphatic carbocycles. The van der Waals surface area contributed by atoms with Crippen LogP contribution in [0.1, 0.15) is 42.2 Å². The Labute approximate surface area is 202 Å². The van der Waals surface area contributed by atoms with Crippen LogP contribution in [0.2, 0.25) is 0 Å². The van der Waals surface area contributed by atoms with Crippen LogP contribution < -0.4 is 10.6 Å². The van der Waals surface area contributed by atoms with Crippen molar-refractivity contribution in [1.29, 1.82) is 5.26 Å². The van der Waals surface area contributed by atoms with E-state index in [0.717, 1.165) is 10.5 Å². The summed E-state index contributed by atoms with van der Waals surface area (Å²) < 4.78 is 46.8. The minimum absolute atomic E-state index is 0.0574. The van der Waals surface area contributed by atoms with E-state index < -0.39 is 24.2 Å². The molecule has 0 aliphatic rings. The third-order valence-corrected chi connectivity index (χ3v) is 5.28. The van der Waals surface area contributed by atoms with Gasteiger partial charge in [0, 0.05) is 19.7 Å². The molecule has 0 aliphatic heterocycles. The molecule has 0 saturated carbocycles. The minimum Gasteiger partial charge on any atom is -0.364 e. The van der Waals surface area contributed by atoms with Gasteiger partial charge in [-0.15, -0.1) is 0 Å². The molecule has 2 atom stereocenters. The number of likely N-dealkylation sites (N-methyl/N-ethyl adjacent to an activating group) is 1. The van der Waals surface area contributed by atoms with E-state index in [-0.39, 0.29) is 30.5 Å². The normalized spacial score (nSPS) is 13.1. The first-order chi connectivity index (χ1) is 16.5. The van der Waals surface area contributed by atoms with Gasteiger partial charge in [0.1, 0.15) is 12.8 Å². The van der Waals surface area contributed by atoms with Crippen molar-refractivity contribution in [2.75, 3.05) is 20.9 Å². The number of benzene rings is 2. The van der Waals surface area contributed by atoms with E-state index in [0.29, 0.717) is 11.1 Å². The van der Waals surface area contributed by atoms with Crippen LogP contribution >= 0.6 is 0 Å². The fourth-order valence-corrected chi connectivity index (χ4v) is 3.50. The number of ether oxygens (including phenoxy) is 1. The van der Waals surface area contributed by atoms with Crippen LogP contribution in [0.25, 0.3) is 11.1 Å². The molecule has 7 nitrogen and oxygen atoms in total. The fraction of sp³-hybridized carbons (Fsp3) is 0.400. The first-order valence-corrected chi connectivity index (χ1v) is 11.0. The molecule has 10 heteroatoms. The summed E-state index contributed by atoms with van der Waals surface area (Å²) in [4.78, 5) is 25.2. The van der Waals surface area contributed by atoms with Gasteiger partial charge < -0.3 is 10.1 Å². The molecule has 0 radical (unpaired) electrons. The van der Waals surface area contributed by atoms with E-state index in [4.69, 9.17) is 10.00 Å². The molecule has 35 heavy (non-hydrogen) atoms. The average Bonchev–Trinajstić information content (AvgIpc) is 2.83. The molecule has 188 valence electrons. The van der Waals surface area contributed by atoms with Gasteiger partial charge in [-0.3, -0.25) is 19.8 Å². The number of methoxy groups -OCH3 is 1. The topological polar surface area (TPSA) is 94.5 Å². The Kier molecular flexibility index (Phi) is 9.80. The number of nitrogens with zero attached hydrogens (tertiary/aromatic N) is 2. The Morgan fingerprint density at radius 3 is 2.06 bits per heavy atom. The molecule has 0 bridgehead atoms. The van der Waals surface area contributed by atoms with Crippen molar-refractivity contribution in [3.05, 3.63) is 59.7 Å². The van der Waals surface area contributed by atoms with Gasteiger partial charge in [0.25, 0.3) is 11.8 Å². The Balaban J connectivity index is 2.27. The van der Waals surface area contributed by atoms with Crippen LogP contribution in [0.5, 0.6) is 0 Å².